The topological polar surface area (TPSA) is 68.5 Å². The van der Waals surface area contributed by atoms with Crippen LogP contribution in [-0.2, 0) is 4.74 Å². The molecule has 0 aliphatic rings. The molecule has 0 saturated heterocycles. The van der Waals surface area contributed by atoms with Crippen molar-refractivity contribution in [3.8, 4) is 11.3 Å². The molecule has 0 aliphatic heterocycles. The maximum absolute atomic E-state index is 12.1. The fourth-order valence-electron chi connectivity index (χ4n) is 2.30. The number of carbonyl (C=O) groups excluding carboxylic acids is 1. The normalized spacial score (nSPS) is 10.9. The Balaban J connectivity index is 1.95. The van der Waals surface area contributed by atoms with Crippen LogP contribution in [0.15, 0.2) is 42.9 Å². The Kier molecular flexibility index (Phi) is 4.34. The molecule has 2 aromatic heterocycles. The number of nitrogens with zero attached hydrogens (tertiary/aromatic N) is 3. The summed E-state index contributed by atoms with van der Waals surface area (Å²) < 4.78 is 6.74. The molecule has 0 fully saturated rings. The number of imidazole rings is 1. The zero-order chi connectivity index (χ0) is 16.2. The van der Waals surface area contributed by atoms with Crippen LogP contribution in [0.4, 0.5) is 0 Å². The molecule has 0 aliphatic carbocycles. The molecule has 6 nitrogen and oxygen atoms in total. The molecular formula is C17H18N4O2. The molecule has 3 rings (SSSR count). The summed E-state index contributed by atoms with van der Waals surface area (Å²) >= 11 is 0. The summed E-state index contributed by atoms with van der Waals surface area (Å²) in [6.07, 6.45) is 5.19. The van der Waals surface area contributed by atoms with Crippen molar-refractivity contribution >= 4 is 11.6 Å². The summed E-state index contributed by atoms with van der Waals surface area (Å²) in [5.74, 6) is -0.222. The number of fused-ring (bicyclic) bond motifs is 1. The smallest absolute Gasteiger partial charge is 0.271 e. The standard InChI is InChI=1S/C17H18N4O2/c1-12-3-5-13(6-4-12)15-16-20-14(11-21(16)9-7-18-15)17(22)19-8-10-23-2/h3-7,9,11H,8,10H2,1-2H3,(H,19,22). The number of aromatic nitrogens is 3. The lowest BCUT2D eigenvalue weighted by Gasteiger charge is -2.03. The molecule has 0 radical (unpaired) electrons. The summed E-state index contributed by atoms with van der Waals surface area (Å²) in [4.78, 5) is 21.0. The first-order chi connectivity index (χ1) is 11.2. The number of aryl methyl sites for hydroxylation is 1. The Morgan fingerprint density at radius 3 is 2.83 bits per heavy atom. The van der Waals surface area contributed by atoms with E-state index in [2.05, 4.69) is 15.3 Å². The largest absolute Gasteiger partial charge is 0.383 e. The number of methoxy groups -OCH3 is 1. The van der Waals surface area contributed by atoms with Crippen molar-refractivity contribution in [2.24, 2.45) is 0 Å². The van der Waals surface area contributed by atoms with E-state index in [9.17, 15) is 4.79 Å². The minimum Gasteiger partial charge on any atom is -0.383 e. The SMILES string of the molecule is COCCNC(=O)c1cn2ccnc(-c3ccc(C)cc3)c2n1. The Morgan fingerprint density at radius 1 is 1.30 bits per heavy atom. The Labute approximate surface area is 134 Å². The van der Waals surface area contributed by atoms with Crippen molar-refractivity contribution in [2.75, 3.05) is 20.3 Å². The first-order valence-electron chi connectivity index (χ1n) is 7.37. The fraction of sp³-hybridized carbons (Fsp3) is 0.235. The molecule has 1 N–H and O–H groups in total. The van der Waals surface area contributed by atoms with E-state index in [0.29, 0.717) is 24.5 Å². The van der Waals surface area contributed by atoms with E-state index < -0.39 is 0 Å². The molecule has 3 aromatic rings. The van der Waals surface area contributed by atoms with E-state index in [1.165, 1.54) is 5.56 Å². The van der Waals surface area contributed by atoms with Gasteiger partial charge >= 0.3 is 0 Å². The summed E-state index contributed by atoms with van der Waals surface area (Å²) in [6.45, 7) is 2.96. The first kappa shape index (κ1) is 15.2. The summed E-state index contributed by atoms with van der Waals surface area (Å²) in [5.41, 5.74) is 3.93. The molecule has 0 bridgehead atoms. The maximum atomic E-state index is 12.1. The summed E-state index contributed by atoms with van der Waals surface area (Å²) in [5, 5.41) is 2.77. The number of hydrogen-bond acceptors (Lipinski definition) is 4. The predicted molar refractivity (Wildman–Crippen MR) is 87.4 cm³/mol. The van der Waals surface area contributed by atoms with E-state index >= 15 is 0 Å². The lowest BCUT2D eigenvalue weighted by atomic mass is 10.1. The molecule has 118 valence electrons. The fourth-order valence-corrected chi connectivity index (χ4v) is 2.30. The minimum absolute atomic E-state index is 0.222. The van der Waals surface area contributed by atoms with Crippen LogP contribution in [0.5, 0.6) is 0 Å². The minimum atomic E-state index is -0.222. The second-order valence-corrected chi connectivity index (χ2v) is 5.25. The Morgan fingerprint density at radius 2 is 2.09 bits per heavy atom. The van der Waals surface area contributed by atoms with E-state index in [4.69, 9.17) is 4.74 Å². The van der Waals surface area contributed by atoms with E-state index in [1.807, 2.05) is 35.6 Å². The van der Waals surface area contributed by atoms with Crippen molar-refractivity contribution in [2.45, 2.75) is 6.92 Å². The second-order valence-electron chi connectivity index (χ2n) is 5.25. The Bertz CT molecular complexity index is 824. The van der Waals surface area contributed by atoms with Crippen molar-refractivity contribution in [1.82, 2.24) is 19.7 Å². The van der Waals surface area contributed by atoms with Crippen molar-refractivity contribution < 1.29 is 9.53 Å². The lowest BCUT2D eigenvalue weighted by molar-refractivity contribution is 0.0932. The summed E-state index contributed by atoms with van der Waals surface area (Å²) in [6, 6.07) is 8.07. The third-order valence-electron chi connectivity index (χ3n) is 3.52. The van der Waals surface area contributed by atoms with Gasteiger partial charge in [0.05, 0.1) is 6.61 Å². The van der Waals surface area contributed by atoms with E-state index in [-0.39, 0.29) is 5.91 Å². The van der Waals surface area contributed by atoms with Gasteiger partial charge in [0.25, 0.3) is 5.91 Å². The predicted octanol–water partition coefficient (Wildman–Crippen LogP) is 2.08. The van der Waals surface area contributed by atoms with Crippen LogP contribution in [-0.4, -0.2) is 40.5 Å². The van der Waals surface area contributed by atoms with Crippen molar-refractivity contribution in [3.05, 3.63) is 54.1 Å². The molecule has 23 heavy (non-hydrogen) atoms. The number of ether oxygens (including phenoxy) is 1. The monoisotopic (exact) mass is 310 g/mol. The van der Waals surface area contributed by atoms with Gasteiger partial charge in [-0.05, 0) is 6.92 Å². The van der Waals surface area contributed by atoms with Gasteiger partial charge in [-0.25, -0.2) is 4.98 Å². The van der Waals surface area contributed by atoms with Gasteiger partial charge in [0.15, 0.2) is 5.65 Å². The summed E-state index contributed by atoms with van der Waals surface area (Å²) in [7, 11) is 1.59. The molecule has 2 heterocycles. The highest BCUT2D eigenvalue weighted by molar-refractivity contribution is 5.93. The van der Waals surface area contributed by atoms with Gasteiger partial charge in [-0.2, -0.15) is 0 Å². The van der Waals surface area contributed by atoms with Crippen LogP contribution in [0.1, 0.15) is 16.1 Å². The molecule has 6 heteroatoms. The quantitative estimate of drug-likeness (QED) is 0.733. The van der Waals surface area contributed by atoms with E-state index in [1.54, 1.807) is 25.7 Å². The van der Waals surface area contributed by atoms with Gasteiger partial charge in [0.2, 0.25) is 0 Å². The van der Waals surface area contributed by atoms with Gasteiger partial charge < -0.3 is 14.5 Å². The highest BCUT2D eigenvalue weighted by Gasteiger charge is 2.14. The Hall–Kier alpha value is -2.73. The molecule has 0 saturated carbocycles. The van der Waals surface area contributed by atoms with Gasteiger partial charge in [-0.1, -0.05) is 29.8 Å². The number of rotatable bonds is 5. The van der Waals surface area contributed by atoms with Gasteiger partial charge in [-0.3, -0.25) is 9.78 Å². The highest BCUT2D eigenvalue weighted by Crippen LogP contribution is 2.22. The van der Waals surface area contributed by atoms with Crippen LogP contribution >= 0.6 is 0 Å². The molecule has 0 spiro atoms. The van der Waals surface area contributed by atoms with Gasteiger partial charge in [-0.15, -0.1) is 0 Å². The number of benzene rings is 1. The van der Waals surface area contributed by atoms with Crippen molar-refractivity contribution in [3.63, 3.8) is 0 Å². The third-order valence-corrected chi connectivity index (χ3v) is 3.52. The van der Waals surface area contributed by atoms with Crippen molar-refractivity contribution in [1.29, 1.82) is 0 Å². The number of nitrogens with one attached hydrogen (secondary N) is 1. The molecular weight excluding hydrogens is 292 g/mol. The van der Waals surface area contributed by atoms with Crippen LogP contribution in [0.2, 0.25) is 0 Å². The first-order valence-corrected chi connectivity index (χ1v) is 7.37. The molecule has 1 aromatic carbocycles. The number of carbonyl (C=O) groups is 1. The highest BCUT2D eigenvalue weighted by atomic mass is 16.5. The van der Waals surface area contributed by atoms with Crippen LogP contribution < -0.4 is 5.32 Å². The molecule has 1 amide bonds. The second kappa shape index (κ2) is 6.58. The number of hydrogen-bond donors (Lipinski definition) is 1. The van der Waals surface area contributed by atoms with Gasteiger partial charge in [0, 0.05) is 37.8 Å². The zero-order valence-electron chi connectivity index (χ0n) is 13.1. The van der Waals surface area contributed by atoms with E-state index in [0.717, 1.165) is 11.3 Å². The lowest BCUT2D eigenvalue weighted by Crippen LogP contribution is -2.27. The number of amides is 1. The van der Waals surface area contributed by atoms with Gasteiger partial charge in [0.1, 0.15) is 11.4 Å². The zero-order valence-corrected chi connectivity index (χ0v) is 13.1. The van der Waals surface area contributed by atoms with Crippen LogP contribution in [0.3, 0.4) is 0 Å². The third kappa shape index (κ3) is 3.22. The van der Waals surface area contributed by atoms with Crippen LogP contribution in [0.25, 0.3) is 16.9 Å². The average Bonchev–Trinajstić information content (AvgIpc) is 3.00. The van der Waals surface area contributed by atoms with Crippen LogP contribution in [0, 0.1) is 6.92 Å². The molecule has 0 atom stereocenters. The maximum Gasteiger partial charge on any atom is 0.271 e. The average molecular weight is 310 g/mol. The molecule has 0 unspecified atom stereocenters.